The summed E-state index contributed by atoms with van der Waals surface area (Å²) in [6, 6.07) is 10.6. The summed E-state index contributed by atoms with van der Waals surface area (Å²) >= 11 is 7.13. The number of hydrogen-bond donors (Lipinski definition) is 1. The largest absolute Gasteiger partial charge is 0.324 e. The van der Waals surface area contributed by atoms with E-state index in [9.17, 15) is 18.0 Å². The van der Waals surface area contributed by atoms with E-state index in [-0.39, 0.29) is 11.3 Å². The molecular weight excluding hydrogens is 446 g/mol. The van der Waals surface area contributed by atoms with Crippen LogP contribution in [0.5, 0.6) is 0 Å². The fourth-order valence-corrected chi connectivity index (χ4v) is 5.73. The van der Waals surface area contributed by atoms with Crippen LogP contribution in [0.25, 0.3) is 10.2 Å². The third kappa shape index (κ3) is 4.53. The number of nitrogens with zero attached hydrogens (tertiary/aromatic N) is 2. The Morgan fingerprint density at radius 2 is 1.97 bits per heavy atom. The van der Waals surface area contributed by atoms with Gasteiger partial charge in [0.2, 0.25) is 15.9 Å². The van der Waals surface area contributed by atoms with Crippen LogP contribution in [-0.4, -0.2) is 31.2 Å². The standard InChI is InChI=1S/C20H22ClN3O4S2/c1-4-16(24(30(3,27)28)15-8-6-7-13(21)11-15)19(25)22-14-9-10-17-18(12-14)29-20(26)23(17)5-2/h6-12,16H,4-5H2,1-3H3,(H,22,25)/t16-/m0/s1. The number of aromatic nitrogens is 1. The summed E-state index contributed by atoms with van der Waals surface area (Å²) in [5.74, 6) is -0.468. The average Bonchev–Trinajstić information content (AvgIpc) is 2.98. The third-order valence-corrected chi connectivity index (χ3v) is 7.00. The van der Waals surface area contributed by atoms with Crippen LogP contribution in [0.1, 0.15) is 20.3 Å². The number of thiazole rings is 1. The van der Waals surface area contributed by atoms with Gasteiger partial charge >= 0.3 is 4.87 Å². The van der Waals surface area contributed by atoms with Crippen LogP contribution in [0.4, 0.5) is 11.4 Å². The Bertz CT molecular complexity index is 1250. The molecule has 0 aliphatic rings. The zero-order valence-corrected chi connectivity index (χ0v) is 19.1. The van der Waals surface area contributed by atoms with Crippen LogP contribution < -0.4 is 14.5 Å². The fraction of sp³-hybridized carbons (Fsp3) is 0.300. The highest BCUT2D eigenvalue weighted by Gasteiger charge is 2.31. The minimum absolute atomic E-state index is 0.0633. The first-order valence-corrected chi connectivity index (χ1v) is 12.4. The highest BCUT2D eigenvalue weighted by atomic mass is 35.5. The molecule has 0 aliphatic heterocycles. The van der Waals surface area contributed by atoms with Crippen LogP contribution in [0, 0.1) is 0 Å². The molecule has 1 heterocycles. The predicted molar refractivity (Wildman–Crippen MR) is 123 cm³/mol. The van der Waals surface area contributed by atoms with Gasteiger partial charge in [0.1, 0.15) is 6.04 Å². The van der Waals surface area contributed by atoms with Gasteiger partial charge in [0.15, 0.2) is 0 Å². The first-order valence-electron chi connectivity index (χ1n) is 9.35. The highest BCUT2D eigenvalue weighted by Crippen LogP contribution is 2.27. The molecule has 0 unspecified atom stereocenters. The molecule has 0 spiro atoms. The summed E-state index contributed by atoms with van der Waals surface area (Å²) in [4.78, 5) is 25.0. The Morgan fingerprint density at radius 1 is 1.23 bits per heavy atom. The van der Waals surface area contributed by atoms with Crippen molar-refractivity contribution in [2.75, 3.05) is 15.9 Å². The van der Waals surface area contributed by atoms with E-state index in [4.69, 9.17) is 11.6 Å². The van der Waals surface area contributed by atoms with Gasteiger partial charge in [-0.3, -0.25) is 18.5 Å². The van der Waals surface area contributed by atoms with Crippen molar-refractivity contribution in [3.8, 4) is 0 Å². The van der Waals surface area contributed by atoms with Crippen LogP contribution in [0.3, 0.4) is 0 Å². The molecule has 3 rings (SSSR count). The molecule has 2 aromatic carbocycles. The molecule has 1 N–H and O–H groups in total. The van der Waals surface area contributed by atoms with Crippen LogP contribution in [0.15, 0.2) is 47.3 Å². The van der Waals surface area contributed by atoms with E-state index in [1.807, 2.05) is 6.92 Å². The van der Waals surface area contributed by atoms with Gasteiger partial charge in [-0.1, -0.05) is 35.9 Å². The lowest BCUT2D eigenvalue weighted by atomic mass is 10.1. The molecular formula is C20H22ClN3O4S2. The number of benzene rings is 2. The number of aryl methyl sites for hydroxylation is 1. The topological polar surface area (TPSA) is 88.5 Å². The van der Waals surface area contributed by atoms with E-state index in [1.54, 1.807) is 47.9 Å². The summed E-state index contributed by atoms with van der Waals surface area (Å²) in [5, 5.41) is 3.16. The van der Waals surface area contributed by atoms with Crippen LogP contribution >= 0.6 is 22.9 Å². The number of hydrogen-bond acceptors (Lipinski definition) is 5. The van der Waals surface area contributed by atoms with E-state index in [0.717, 1.165) is 32.1 Å². The smallest absolute Gasteiger partial charge is 0.308 e. The first-order chi connectivity index (χ1) is 14.2. The average molecular weight is 468 g/mol. The zero-order chi connectivity index (χ0) is 22.1. The van der Waals surface area contributed by atoms with Gasteiger partial charge in [0.05, 0.1) is 22.2 Å². The summed E-state index contributed by atoms with van der Waals surface area (Å²) in [5.41, 5.74) is 1.62. The molecule has 0 aliphatic carbocycles. The number of anilines is 2. The zero-order valence-electron chi connectivity index (χ0n) is 16.8. The summed E-state index contributed by atoms with van der Waals surface area (Å²) in [7, 11) is -3.75. The second kappa shape index (κ2) is 8.79. The van der Waals surface area contributed by atoms with E-state index in [1.165, 1.54) is 6.07 Å². The Kier molecular flexibility index (Phi) is 6.54. The van der Waals surface area contributed by atoms with Crippen LogP contribution in [-0.2, 0) is 21.4 Å². The second-order valence-corrected chi connectivity index (χ2v) is 10.0. The third-order valence-electron chi connectivity index (χ3n) is 4.64. The fourth-order valence-electron chi connectivity index (χ4n) is 3.34. The van der Waals surface area contributed by atoms with Gasteiger partial charge in [-0.15, -0.1) is 0 Å². The van der Waals surface area contributed by atoms with Crippen molar-refractivity contribution in [2.24, 2.45) is 0 Å². The number of carbonyl (C=O) groups is 1. The lowest BCUT2D eigenvalue weighted by molar-refractivity contribution is -0.117. The normalized spacial score (nSPS) is 12.7. The highest BCUT2D eigenvalue weighted by molar-refractivity contribution is 7.92. The van der Waals surface area contributed by atoms with Gasteiger partial charge < -0.3 is 5.32 Å². The molecule has 0 fully saturated rings. The molecule has 1 amide bonds. The monoisotopic (exact) mass is 467 g/mol. The van der Waals surface area contributed by atoms with Crippen LogP contribution in [0.2, 0.25) is 5.02 Å². The number of nitrogens with one attached hydrogen (secondary N) is 1. The van der Waals surface area contributed by atoms with Crippen molar-refractivity contribution >= 4 is 60.5 Å². The molecule has 160 valence electrons. The molecule has 30 heavy (non-hydrogen) atoms. The Hall–Kier alpha value is -2.36. The van der Waals surface area contributed by atoms with Crippen molar-refractivity contribution in [3.05, 3.63) is 57.2 Å². The van der Waals surface area contributed by atoms with Gasteiger partial charge in [-0.05, 0) is 49.7 Å². The second-order valence-electron chi connectivity index (χ2n) is 6.75. The quantitative estimate of drug-likeness (QED) is 0.570. The van der Waals surface area contributed by atoms with Crippen molar-refractivity contribution in [1.82, 2.24) is 4.57 Å². The Labute approximate surface area is 183 Å². The number of carbonyl (C=O) groups excluding carboxylic acids is 1. The lowest BCUT2D eigenvalue weighted by Crippen LogP contribution is -2.47. The molecule has 3 aromatic rings. The Balaban J connectivity index is 1.94. The molecule has 1 aromatic heterocycles. The number of fused-ring (bicyclic) bond motifs is 1. The van der Waals surface area contributed by atoms with E-state index in [0.29, 0.717) is 22.9 Å². The molecule has 0 saturated heterocycles. The summed E-state index contributed by atoms with van der Waals surface area (Å²) < 4.78 is 28.5. The summed E-state index contributed by atoms with van der Waals surface area (Å²) in [6.45, 7) is 4.19. The van der Waals surface area contributed by atoms with Gasteiger partial charge in [0, 0.05) is 17.3 Å². The maximum absolute atomic E-state index is 13.0. The molecule has 7 nitrogen and oxygen atoms in total. The minimum atomic E-state index is -3.75. The van der Waals surface area contributed by atoms with E-state index >= 15 is 0 Å². The maximum atomic E-state index is 13.0. The number of amides is 1. The number of halogens is 1. The predicted octanol–water partition coefficient (Wildman–Crippen LogP) is 3.92. The minimum Gasteiger partial charge on any atom is -0.324 e. The van der Waals surface area contributed by atoms with E-state index in [2.05, 4.69) is 5.32 Å². The molecule has 1 atom stereocenters. The van der Waals surface area contributed by atoms with Gasteiger partial charge in [-0.25, -0.2) is 8.42 Å². The van der Waals surface area contributed by atoms with Gasteiger partial charge in [0.25, 0.3) is 0 Å². The van der Waals surface area contributed by atoms with Crippen molar-refractivity contribution in [1.29, 1.82) is 0 Å². The molecule has 0 saturated carbocycles. The Morgan fingerprint density at radius 3 is 2.57 bits per heavy atom. The lowest BCUT2D eigenvalue weighted by Gasteiger charge is -2.30. The molecule has 0 radical (unpaired) electrons. The summed E-state index contributed by atoms with van der Waals surface area (Å²) in [6.07, 6.45) is 1.31. The van der Waals surface area contributed by atoms with Gasteiger partial charge in [-0.2, -0.15) is 0 Å². The number of sulfonamides is 1. The van der Waals surface area contributed by atoms with Crippen molar-refractivity contribution in [3.63, 3.8) is 0 Å². The molecule has 0 bridgehead atoms. The maximum Gasteiger partial charge on any atom is 0.308 e. The first kappa shape index (κ1) is 22.3. The van der Waals surface area contributed by atoms with E-state index < -0.39 is 22.0 Å². The SMILES string of the molecule is CC[C@@H](C(=O)Nc1ccc2c(c1)sc(=O)n2CC)N(c1cccc(Cl)c1)S(C)(=O)=O. The number of rotatable bonds is 7. The van der Waals surface area contributed by atoms with Crippen molar-refractivity contribution in [2.45, 2.75) is 32.9 Å². The molecule has 10 heteroatoms. The van der Waals surface area contributed by atoms with Crippen molar-refractivity contribution < 1.29 is 13.2 Å².